The summed E-state index contributed by atoms with van der Waals surface area (Å²) in [6, 6.07) is 3.66. The molecule has 0 aromatic carbocycles. The van der Waals surface area contributed by atoms with Crippen molar-refractivity contribution in [3.63, 3.8) is 0 Å². The van der Waals surface area contributed by atoms with Crippen LogP contribution in [-0.2, 0) is 6.54 Å². The standard InChI is InChI=1S/C14H19ClN2/c1-10-4-11(8-16-7-10)9-17-13-2-3-14(17)6-12(15)5-13/h4,7-8,12-14H,2-3,5-6,9H2,1H3. The molecule has 0 spiro atoms. The van der Waals surface area contributed by atoms with Crippen LogP contribution in [0.25, 0.3) is 0 Å². The van der Waals surface area contributed by atoms with E-state index in [-0.39, 0.29) is 0 Å². The molecule has 3 rings (SSSR count). The molecule has 2 fully saturated rings. The molecule has 0 radical (unpaired) electrons. The summed E-state index contributed by atoms with van der Waals surface area (Å²) < 4.78 is 0. The molecule has 92 valence electrons. The molecule has 2 unspecified atom stereocenters. The SMILES string of the molecule is Cc1cncc(CN2C3CCC2CC(Cl)C3)c1. The van der Waals surface area contributed by atoms with E-state index in [0.717, 1.165) is 19.4 Å². The summed E-state index contributed by atoms with van der Waals surface area (Å²) >= 11 is 6.30. The van der Waals surface area contributed by atoms with Crippen molar-refractivity contribution in [3.8, 4) is 0 Å². The van der Waals surface area contributed by atoms with Crippen LogP contribution in [0.2, 0.25) is 0 Å². The van der Waals surface area contributed by atoms with Crippen molar-refractivity contribution in [3.05, 3.63) is 29.6 Å². The number of halogens is 1. The van der Waals surface area contributed by atoms with Crippen LogP contribution >= 0.6 is 11.6 Å². The van der Waals surface area contributed by atoms with Crippen molar-refractivity contribution in [2.24, 2.45) is 0 Å². The second-order valence-corrected chi connectivity index (χ2v) is 6.11. The van der Waals surface area contributed by atoms with Crippen molar-refractivity contribution in [2.75, 3.05) is 0 Å². The van der Waals surface area contributed by atoms with Crippen LogP contribution in [0, 0.1) is 6.92 Å². The molecule has 17 heavy (non-hydrogen) atoms. The molecule has 1 aromatic rings. The van der Waals surface area contributed by atoms with Gasteiger partial charge in [-0.05, 0) is 43.7 Å². The zero-order chi connectivity index (χ0) is 11.8. The Labute approximate surface area is 108 Å². The number of alkyl halides is 1. The van der Waals surface area contributed by atoms with Crippen LogP contribution in [-0.4, -0.2) is 27.3 Å². The Morgan fingerprint density at radius 2 is 2.00 bits per heavy atom. The minimum absolute atomic E-state index is 0.402. The summed E-state index contributed by atoms with van der Waals surface area (Å²) in [7, 11) is 0. The molecule has 2 aliphatic heterocycles. The summed E-state index contributed by atoms with van der Waals surface area (Å²) in [5.74, 6) is 0. The topological polar surface area (TPSA) is 16.1 Å². The first-order valence-corrected chi connectivity index (χ1v) is 6.96. The van der Waals surface area contributed by atoms with E-state index in [1.54, 1.807) is 0 Å². The van der Waals surface area contributed by atoms with E-state index in [2.05, 4.69) is 22.9 Å². The van der Waals surface area contributed by atoms with Gasteiger partial charge in [-0.3, -0.25) is 9.88 Å². The van der Waals surface area contributed by atoms with Gasteiger partial charge in [0, 0.05) is 36.4 Å². The molecule has 0 aliphatic carbocycles. The van der Waals surface area contributed by atoms with E-state index in [9.17, 15) is 0 Å². The molecule has 0 N–H and O–H groups in total. The van der Waals surface area contributed by atoms with E-state index < -0.39 is 0 Å². The minimum atomic E-state index is 0.402. The monoisotopic (exact) mass is 250 g/mol. The molecule has 3 heterocycles. The van der Waals surface area contributed by atoms with Gasteiger partial charge < -0.3 is 0 Å². The number of aromatic nitrogens is 1. The fourth-order valence-electron chi connectivity index (χ4n) is 3.38. The highest BCUT2D eigenvalue weighted by molar-refractivity contribution is 6.20. The van der Waals surface area contributed by atoms with Crippen LogP contribution in [0.15, 0.2) is 18.5 Å². The maximum Gasteiger partial charge on any atom is 0.0365 e. The molecule has 1 aromatic heterocycles. The predicted octanol–water partition coefficient (Wildman–Crippen LogP) is 3.12. The van der Waals surface area contributed by atoms with Gasteiger partial charge in [0.2, 0.25) is 0 Å². The van der Waals surface area contributed by atoms with Crippen LogP contribution < -0.4 is 0 Å². The molecule has 0 amide bonds. The number of piperidine rings is 1. The Hall–Kier alpha value is -0.600. The fraction of sp³-hybridized carbons (Fsp3) is 0.643. The maximum atomic E-state index is 6.30. The van der Waals surface area contributed by atoms with Gasteiger partial charge in [0.1, 0.15) is 0 Å². The van der Waals surface area contributed by atoms with E-state index in [1.807, 2.05) is 12.4 Å². The molecule has 2 saturated heterocycles. The summed E-state index contributed by atoms with van der Waals surface area (Å²) in [5, 5.41) is 0.402. The Morgan fingerprint density at radius 1 is 1.29 bits per heavy atom. The summed E-state index contributed by atoms with van der Waals surface area (Å²) in [5.41, 5.74) is 2.59. The van der Waals surface area contributed by atoms with E-state index in [1.165, 1.54) is 24.0 Å². The fourth-order valence-corrected chi connectivity index (χ4v) is 3.79. The molecular formula is C14H19ClN2. The number of nitrogens with zero attached hydrogens (tertiary/aromatic N) is 2. The lowest BCUT2D eigenvalue weighted by Crippen LogP contribution is -2.42. The smallest absolute Gasteiger partial charge is 0.0365 e. The van der Waals surface area contributed by atoms with E-state index in [4.69, 9.17) is 11.6 Å². The zero-order valence-corrected chi connectivity index (χ0v) is 11.0. The molecule has 2 nitrogen and oxygen atoms in total. The second kappa shape index (κ2) is 4.58. The van der Waals surface area contributed by atoms with Crippen LogP contribution in [0.3, 0.4) is 0 Å². The maximum absolute atomic E-state index is 6.30. The third-order valence-electron chi connectivity index (χ3n) is 4.12. The van der Waals surface area contributed by atoms with Crippen molar-refractivity contribution < 1.29 is 0 Å². The molecule has 3 heteroatoms. The van der Waals surface area contributed by atoms with Gasteiger partial charge >= 0.3 is 0 Å². The van der Waals surface area contributed by atoms with Gasteiger partial charge in [-0.1, -0.05) is 6.07 Å². The highest BCUT2D eigenvalue weighted by Gasteiger charge is 2.39. The average Bonchev–Trinajstić information content (AvgIpc) is 2.54. The Morgan fingerprint density at radius 3 is 2.65 bits per heavy atom. The number of fused-ring (bicyclic) bond motifs is 2. The highest BCUT2D eigenvalue weighted by Crippen LogP contribution is 2.38. The molecule has 2 atom stereocenters. The highest BCUT2D eigenvalue weighted by atomic mass is 35.5. The first kappa shape index (κ1) is 11.5. The quantitative estimate of drug-likeness (QED) is 0.750. The molecular weight excluding hydrogens is 232 g/mol. The van der Waals surface area contributed by atoms with Crippen LogP contribution in [0.1, 0.15) is 36.8 Å². The second-order valence-electron chi connectivity index (χ2n) is 5.50. The van der Waals surface area contributed by atoms with Gasteiger partial charge in [-0.2, -0.15) is 0 Å². The minimum Gasteiger partial charge on any atom is -0.293 e. The number of hydrogen-bond acceptors (Lipinski definition) is 2. The lowest BCUT2D eigenvalue weighted by atomic mass is 10.0. The predicted molar refractivity (Wildman–Crippen MR) is 70.2 cm³/mol. The Bertz CT molecular complexity index is 393. The zero-order valence-electron chi connectivity index (χ0n) is 10.3. The van der Waals surface area contributed by atoms with E-state index in [0.29, 0.717) is 17.5 Å². The molecule has 0 saturated carbocycles. The van der Waals surface area contributed by atoms with Gasteiger partial charge in [0.15, 0.2) is 0 Å². The van der Waals surface area contributed by atoms with Crippen molar-refractivity contribution in [2.45, 2.75) is 56.6 Å². The van der Waals surface area contributed by atoms with E-state index >= 15 is 0 Å². The van der Waals surface area contributed by atoms with Gasteiger partial charge in [0.25, 0.3) is 0 Å². The summed E-state index contributed by atoms with van der Waals surface area (Å²) in [6.07, 6.45) is 8.90. The number of rotatable bonds is 2. The van der Waals surface area contributed by atoms with Crippen molar-refractivity contribution >= 4 is 11.6 Å². The first-order valence-electron chi connectivity index (χ1n) is 6.52. The lowest BCUT2D eigenvalue weighted by molar-refractivity contribution is 0.134. The van der Waals surface area contributed by atoms with Gasteiger partial charge in [0.05, 0.1) is 0 Å². The number of aryl methyl sites for hydroxylation is 1. The number of hydrogen-bond donors (Lipinski definition) is 0. The first-order chi connectivity index (χ1) is 8.22. The average molecular weight is 251 g/mol. The summed E-state index contributed by atoms with van der Waals surface area (Å²) in [4.78, 5) is 6.93. The van der Waals surface area contributed by atoms with Crippen LogP contribution in [0.5, 0.6) is 0 Å². The van der Waals surface area contributed by atoms with Crippen LogP contribution in [0.4, 0.5) is 0 Å². The number of pyridine rings is 1. The normalized spacial score (nSPS) is 32.9. The third-order valence-corrected chi connectivity index (χ3v) is 4.48. The Balaban J connectivity index is 1.74. The molecule has 2 bridgehead atoms. The lowest BCUT2D eigenvalue weighted by Gasteiger charge is -2.36. The Kier molecular flexibility index (Phi) is 3.10. The third kappa shape index (κ3) is 2.34. The van der Waals surface area contributed by atoms with Crippen molar-refractivity contribution in [1.29, 1.82) is 0 Å². The largest absolute Gasteiger partial charge is 0.293 e. The summed E-state index contributed by atoms with van der Waals surface area (Å²) in [6.45, 7) is 3.16. The van der Waals surface area contributed by atoms with Crippen molar-refractivity contribution in [1.82, 2.24) is 9.88 Å². The van der Waals surface area contributed by atoms with Gasteiger partial charge in [-0.15, -0.1) is 11.6 Å². The van der Waals surface area contributed by atoms with Gasteiger partial charge in [-0.25, -0.2) is 0 Å². The molecule has 2 aliphatic rings.